The maximum atomic E-state index is 14.4. The lowest BCUT2D eigenvalue weighted by atomic mass is 10.2. The predicted molar refractivity (Wildman–Crippen MR) is 88.3 cm³/mol. The molecule has 23 heavy (non-hydrogen) atoms. The molecule has 0 spiro atoms. The van der Waals surface area contributed by atoms with Crippen molar-refractivity contribution in [2.45, 2.75) is 6.10 Å². The average molecular weight is 342 g/mol. The van der Waals surface area contributed by atoms with Crippen LogP contribution in [0.2, 0.25) is 0 Å². The first-order valence-electron chi connectivity index (χ1n) is 7.36. The van der Waals surface area contributed by atoms with Crippen molar-refractivity contribution in [2.75, 3.05) is 47.5 Å². The summed E-state index contributed by atoms with van der Waals surface area (Å²) in [5.41, 5.74) is 0.820. The molecular weight excluding hydrogens is 323 g/mol. The minimum atomic E-state index is -2.03. The molecule has 0 saturated carbocycles. The number of hydrogen-bond donors (Lipinski definition) is 1. The van der Waals surface area contributed by atoms with Gasteiger partial charge in [-0.15, -0.1) is 0 Å². The van der Waals surface area contributed by atoms with Gasteiger partial charge >= 0.3 is 6.09 Å². The third kappa shape index (κ3) is 3.28. The Morgan fingerprint density at radius 2 is 2.09 bits per heavy atom. The van der Waals surface area contributed by atoms with Crippen LogP contribution in [0.5, 0.6) is 0 Å². The van der Waals surface area contributed by atoms with Crippen molar-refractivity contribution in [1.29, 1.82) is 0 Å². The molecule has 1 aromatic carbocycles. The van der Waals surface area contributed by atoms with E-state index in [0.29, 0.717) is 36.0 Å². The summed E-state index contributed by atoms with van der Waals surface area (Å²) in [6.45, 7) is 0.927. The van der Waals surface area contributed by atoms with Gasteiger partial charge in [0.15, 0.2) is 0 Å². The molecule has 1 amide bonds. The van der Waals surface area contributed by atoms with Gasteiger partial charge in [-0.2, -0.15) is 0 Å². The maximum absolute atomic E-state index is 14.4. The monoisotopic (exact) mass is 342 g/mol. The van der Waals surface area contributed by atoms with Crippen LogP contribution in [0.1, 0.15) is 0 Å². The number of hydrogen-bond acceptors (Lipinski definition) is 5. The van der Waals surface area contributed by atoms with Crippen molar-refractivity contribution < 1.29 is 23.2 Å². The second-order valence-corrected chi connectivity index (χ2v) is 8.54. The lowest BCUT2D eigenvalue weighted by molar-refractivity contribution is 0.0963. The summed E-state index contributed by atoms with van der Waals surface area (Å²) in [6, 6.07) is 4.54. The van der Waals surface area contributed by atoms with Crippen LogP contribution in [-0.4, -0.2) is 65.1 Å². The fourth-order valence-electron chi connectivity index (χ4n) is 2.76. The number of rotatable bonds is 3. The van der Waals surface area contributed by atoms with Crippen LogP contribution in [-0.2, 0) is 14.3 Å². The van der Waals surface area contributed by atoms with Gasteiger partial charge in [0.05, 0.1) is 24.5 Å². The third-order valence-corrected chi connectivity index (χ3v) is 5.98. The van der Waals surface area contributed by atoms with E-state index in [-0.39, 0.29) is 13.2 Å². The quantitative estimate of drug-likeness (QED) is 0.818. The number of cyclic esters (lactones) is 1. The number of halogens is 1. The topological polar surface area (TPSA) is 70.1 Å². The Bertz CT molecular complexity index is 708. The minimum absolute atomic E-state index is 0.196. The van der Waals surface area contributed by atoms with Crippen LogP contribution in [0.3, 0.4) is 0 Å². The second kappa shape index (κ2) is 6.01. The van der Waals surface area contributed by atoms with Crippen LogP contribution in [0, 0.1) is 5.82 Å². The van der Waals surface area contributed by atoms with Crippen molar-refractivity contribution >= 4 is 32.9 Å². The third-order valence-electron chi connectivity index (χ3n) is 4.13. The second-order valence-electron chi connectivity index (χ2n) is 5.80. The molecule has 1 atom stereocenters. The largest absolute Gasteiger partial charge is 0.441 e. The number of amides is 1. The molecule has 0 bridgehead atoms. The molecule has 6 nitrogen and oxygen atoms in total. The maximum Gasteiger partial charge on any atom is 0.414 e. The van der Waals surface area contributed by atoms with Gasteiger partial charge < -0.3 is 14.7 Å². The van der Waals surface area contributed by atoms with Crippen LogP contribution in [0.25, 0.3) is 0 Å². The molecule has 8 heteroatoms. The Labute approximate surface area is 134 Å². The summed E-state index contributed by atoms with van der Waals surface area (Å²) in [7, 11) is -2.03. The molecule has 0 aromatic heterocycles. The number of aliphatic hydroxyl groups excluding tert-OH is 1. The van der Waals surface area contributed by atoms with Crippen LogP contribution >= 0.6 is 0 Å². The Hall–Kier alpha value is -1.80. The Morgan fingerprint density at radius 1 is 1.39 bits per heavy atom. The van der Waals surface area contributed by atoms with E-state index in [4.69, 9.17) is 9.84 Å². The van der Waals surface area contributed by atoms with Gasteiger partial charge in [-0.25, -0.2) is 9.18 Å². The summed E-state index contributed by atoms with van der Waals surface area (Å²) in [5, 5.41) is 9.05. The van der Waals surface area contributed by atoms with Gasteiger partial charge in [-0.05, 0) is 33.6 Å². The summed E-state index contributed by atoms with van der Waals surface area (Å²) in [4.78, 5) is 14.9. The van der Waals surface area contributed by atoms with Crippen LogP contribution in [0.15, 0.2) is 18.2 Å². The van der Waals surface area contributed by atoms with E-state index in [1.807, 2.05) is 4.90 Å². The number of nitrogens with zero attached hydrogens (tertiary/aromatic N) is 2. The van der Waals surface area contributed by atoms with Gasteiger partial charge in [-0.3, -0.25) is 9.11 Å². The molecule has 1 N–H and O–H groups in total. The molecule has 2 fully saturated rings. The zero-order chi connectivity index (χ0) is 16.6. The number of ether oxygens (including phenoxy) is 1. The molecule has 0 unspecified atom stereocenters. The van der Waals surface area contributed by atoms with E-state index in [1.54, 1.807) is 12.1 Å². The SMILES string of the molecule is C=S1(=O)CCN(c2ccc(N3C[C@H](CO)OC3=O)cc2F)CC1. The fourth-order valence-corrected chi connectivity index (χ4v) is 4.07. The number of carbonyl (C=O) groups is 1. The zero-order valence-electron chi connectivity index (χ0n) is 12.6. The number of benzene rings is 1. The van der Waals surface area contributed by atoms with E-state index >= 15 is 0 Å². The zero-order valence-corrected chi connectivity index (χ0v) is 13.4. The Morgan fingerprint density at radius 3 is 2.65 bits per heavy atom. The minimum Gasteiger partial charge on any atom is -0.441 e. The fraction of sp³-hybridized carbons (Fsp3) is 0.467. The lowest BCUT2D eigenvalue weighted by Crippen LogP contribution is -2.40. The van der Waals surface area contributed by atoms with E-state index < -0.39 is 27.5 Å². The summed E-state index contributed by atoms with van der Waals surface area (Å²) in [5.74, 6) is 4.15. The van der Waals surface area contributed by atoms with E-state index in [9.17, 15) is 13.4 Å². The highest BCUT2D eigenvalue weighted by Gasteiger charge is 2.32. The predicted octanol–water partition coefficient (Wildman–Crippen LogP) is 0.680. The van der Waals surface area contributed by atoms with Crippen molar-refractivity contribution in [2.24, 2.45) is 0 Å². The van der Waals surface area contributed by atoms with Gasteiger partial charge in [0.2, 0.25) is 0 Å². The highest BCUT2D eigenvalue weighted by Crippen LogP contribution is 2.28. The molecule has 2 aliphatic rings. The van der Waals surface area contributed by atoms with Crippen molar-refractivity contribution in [3.8, 4) is 0 Å². The lowest BCUT2D eigenvalue weighted by Gasteiger charge is -2.31. The first-order chi connectivity index (χ1) is 10.9. The molecule has 3 rings (SSSR count). The molecule has 2 heterocycles. The Kier molecular flexibility index (Phi) is 4.20. The first-order valence-corrected chi connectivity index (χ1v) is 9.42. The molecule has 0 aliphatic carbocycles. The number of anilines is 2. The van der Waals surface area contributed by atoms with Crippen molar-refractivity contribution in [1.82, 2.24) is 0 Å². The standard InChI is InChI=1S/C15H19FN2O4S/c1-23(21)6-4-17(5-7-23)14-3-2-11(8-13(14)16)18-9-12(10-19)22-15(18)20/h2-3,8,12,19H,1,4-7,9-10H2/t12-/m1/s1. The highest BCUT2D eigenvalue weighted by molar-refractivity contribution is 8.00. The first kappa shape index (κ1) is 16.1. The van der Waals surface area contributed by atoms with Gasteiger partial charge in [0, 0.05) is 24.6 Å². The van der Waals surface area contributed by atoms with Crippen LogP contribution < -0.4 is 9.80 Å². The van der Waals surface area contributed by atoms with Gasteiger partial charge in [0.25, 0.3) is 0 Å². The molecule has 1 aromatic rings. The molecule has 2 aliphatic heterocycles. The van der Waals surface area contributed by atoms with Crippen LogP contribution in [0.4, 0.5) is 20.6 Å². The number of aliphatic hydroxyl groups is 1. The summed E-state index contributed by atoms with van der Waals surface area (Å²) >= 11 is 0. The average Bonchev–Trinajstić information content (AvgIpc) is 2.89. The van der Waals surface area contributed by atoms with Crippen molar-refractivity contribution in [3.05, 3.63) is 24.0 Å². The smallest absolute Gasteiger partial charge is 0.414 e. The van der Waals surface area contributed by atoms with E-state index in [1.165, 1.54) is 11.0 Å². The summed E-state index contributed by atoms with van der Waals surface area (Å²) < 4.78 is 31.3. The van der Waals surface area contributed by atoms with Gasteiger partial charge in [-0.1, -0.05) is 0 Å². The van der Waals surface area contributed by atoms with Crippen molar-refractivity contribution in [3.63, 3.8) is 0 Å². The number of carbonyl (C=O) groups excluding carboxylic acids is 1. The molecule has 0 radical (unpaired) electrons. The van der Waals surface area contributed by atoms with E-state index in [0.717, 1.165) is 0 Å². The molecule has 126 valence electrons. The molecular formula is C15H19FN2O4S. The van der Waals surface area contributed by atoms with Gasteiger partial charge in [0.1, 0.15) is 11.9 Å². The van der Waals surface area contributed by atoms with E-state index in [2.05, 4.69) is 5.87 Å². The Balaban J connectivity index is 1.78. The molecule has 2 saturated heterocycles. The highest BCUT2D eigenvalue weighted by atomic mass is 32.2. The summed E-state index contributed by atoms with van der Waals surface area (Å²) in [6.07, 6.45) is -1.18. The normalized spacial score (nSPS) is 23.9.